The van der Waals surface area contributed by atoms with E-state index in [0.29, 0.717) is 23.1 Å². The molecule has 196 valence electrons. The molecule has 4 radical (unpaired) electrons. The number of morpholine rings is 1. The Kier molecular flexibility index (Phi) is 7.30. The number of nitrogens with one attached hydrogen (secondary N) is 1. The first kappa shape index (κ1) is 27.6. The summed E-state index contributed by atoms with van der Waals surface area (Å²) < 4.78 is 59.8. The van der Waals surface area contributed by atoms with E-state index < -0.39 is 40.9 Å². The van der Waals surface area contributed by atoms with Gasteiger partial charge in [0.25, 0.3) is 5.91 Å². The van der Waals surface area contributed by atoms with Gasteiger partial charge >= 0.3 is 6.18 Å². The zero-order valence-electron chi connectivity index (χ0n) is 21.1. The Bertz CT molecular complexity index is 1320. The van der Waals surface area contributed by atoms with Crippen LogP contribution in [0.2, 0.25) is 0 Å². The van der Waals surface area contributed by atoms with E-state index in [9.17, 15) is 22.4 Å². The summed E-state index contributed by atoms with van der Waals surface area (Å²) in [6, 6.07) is 3.63. The summed E-state index contributed by atoms with van der Waals surface area (Å²) in [5.74, 6) is -1.08. The van der Waals surface area contributed by atoms with Crippen molar-refractivity contribution in [2.45, 2.75) is 50.5 Å². The molecule has 38 heavy (non-hydrogen) atoms. The summed E-state index contributed by atoms with van der Waals surface area (Å²) in [4.78, 5) is 23.3. The minimum atomic E-state index is -4.56. The van der Waals surface area contributed by atoms with Crippen molar-refractivity contribution >= 4 is 27.4 Å². The lowest BCUT2D eigenvalue weighted by Crippen LogP contribution is -2.68. The lowest BCUT2D eigenvalue weighted by atomic mass is 9.55. The first-order valence-corrected chi connectivity index (χ1v) is 11.7. The standard InChI is InChI=1S/C24H24B2F4N6O2/c1-12-11-36(22(37)20-19(13(2)35(4)34-20)17-7-6-16(27)10-31-17)21(14(3)38-12)23(25,26)33-18-8-5-15(9-32-18)24(28,29)30/h5-10,12,14,21H,11H2,1-4H3,(H,32,33)/t12?,14-,21?/m0/s1. The van der Waals surface area contributed by atoms with Crippen LogP contribution in [0.15, 0.2) is 36.7 Å². The van der Waals surface area contributed by atoms with Crippen LogP contribution in [-0.4, -0.2) is 76.4 Å². The smallest absolute Gasteiger partial charge is 0.380 e. The Morgan fingerprint density at radius 3 is 2.42 bits per heavy atom. The summed E-state index contributed by atoms with van der Waals surface area (Å²) in [5.41, 5.74) is 0.511. The predicted octanol–water partition coefficient (Wildman–Crippen LogP) is 3.06. The maximum absolute atomic E-state index is 14.0. The van der Waals surface area contributed by atoms with Crippen LogP contribution < -0.4 is 5.32 Å². The molecule has 0 spiro atoms. The van der Waals surface area contributed by atoms with Gasteiger partial charge in [-0.1, -0.05) is 0 Å². The molecule has 1 fully saturated rings. The van der Waals surface area contributed by atoms with E-state index in [0.717, 1.165) is 18.3 Å². The Morgan fingerprint density at radius 2 is 1.84 bits per heavy atom. The molecular weight excluding hydrogens is 502 g/mol. The Labute approximate surface area is 219 Å². The van der Waals surface area contributed by atoms with Crippen LogP contribution in [0.4, 0.5) is 23.4 Å². The molecule has 0 saturated carbocycles. The number of carbonyl (C=O) groups is 1. The molecule has 1 saturated heterocycles. The fourth-order valence-electron chi connectivity index (χ4n) is 4.64. The minimum absolute atomic E-state index is 0.0221. The average Bonchev–Trinajstić information content (AvgIpc) is 3.12. The molecule has 1 amide bonds. The molecule has 4 rings (SSSR count). The first-order chi connectivity index (χ1) is 17.7. The van der Waals surface area contributed by atoms with Crippen LogP contribution in [0.5, 0.6) is 0 Å². The number of pyridine rings is 2. The highest BCUT2D eigenvalue weighted by Gasteiger charge is 2.45. The highest BCUT2D eigenvalue weighted by Crippen LogP contribution is 2.33. The topological polar surface area (TPSA) is 85.2 Å². The molecule has 2 unspecified atom stereocenters. The third kappa shape index (κ3) is 5.40. The molecule has 0 aromatic carbocycles. The van der Waals surface area contributed by atoms with Gasteiger partial charge in [0.05, 0.1) is 57.0 Å². The van der Waals surface area contributed by atoms with Crippen molar-refractivity contribution in [2.24, 2.45) is 7.05 Å². The monoisotopic (exact) mass is 526 g/mol. The molecular formula is C24H24B2F4N6O2. The molecule has 0 bridgehead atoms. The first-order valence-electron chi connectivity index (χ1n) is 11.7. The predicted molar refractivity (Wildman–Crippen MR) is 133 cm³/mol. The SMILES string of the molecule is [B]C([B])(Nc1ccc(C(F)(F)F)cn1)C1[C@H](C)OC(C)CN1C(=O)c1nn(C)c(C)c1-c1ccc(F)cn1. The van der Waals surface area contributed by atoms with Gasteiger partial charge in [0, 0.05) is 25.5 Å². The van der Waals surface area contributed by atoms with E-state index in [1.54, 1.807) is 27.8 Å². The molecule has 3 atom stereocenters. The second-order valence-corrected chi connectivity index (χ2v) is 9.34. The van der Waals surface area contributed by atoms with Gasteiger partial charge in [-0.15, -0.1) is 0 Å². The Morgan fingerprint density at radius 1 is 1.13 bits per heavy atom. The molecule has 0 aliphatic carbocycles. The van der Waals surface area contributed by atoms with E-state index in [1.165, 1.54) is 21.7 Å². The summed E-state index contributed by atoms with van der Waals surface area (Å²) in [6.07, 6.45) is -3.93. The molecule has 3 aromatic rings. The lowest BCUT2D eigenvalue weighted by Gasteiger charge is -2.50. The van der Waals surface area contributed by atoms with Crippen LogP contribution in [0.3, 0.4) is 0 Å². The molecule has 3 aromatic heterocycles. The van der Waals surface area contributed by atoms with Crippen molar-refractivity contribution in [1.29, 1.82) is 0 Å². The van der Waals surface area contributed by atoms with E-state index in [4.69, 9.17) is 20.4 Å². The summed E-state index contributed by atoms with van der Waals surface area (Å²) in [6.45, 7) is 5.31. The maximum Gasteiger partial charge on any atom is 0.417 e. The normalized spacial score (nSPS) is 20.4. The van der Waals surface area contributed by atoms with Crippen LogP contribution in [-0.2, 0) is 18.0 Å². The summed E-state index contributed by atoms with van der Waals surface area (Å²) in [7, 11) is 14.5. The van der Waals surface area contributed by atoms with Crippen LogP contribution >= 0.6 is 0 Å². The van der Waals surface area contributed by atoms with Crippen molar-refractivity contribution in [3.05, 3.63) is 59.4 Å². The molecule has 1 aliphatic heterocycles. The highest BCUT2D eigenvalue weighted by molar-refractivity contribution is 6.42. The quantitative estimate of drug-likeness (QED) is 0.407. The van der Waals surface area contributed by atoms with E-state index in [-0.39, 0.29) is 24.2 Å². The third-order valence-electron chi connectivity index (χ3n) is 6.39. The zero-order chi connectivity index (χ0) is 28.0. The van der Waals surface area contributed by atoms with Crippen molar-refractivity contribution in [1.82, 2.24) is 24.6 Å². The lowest BCUT2D eigenvalue weighted by molar-refractivity contribution is -0.137. The fourth-order valence-corrected chi connectivity index (χ4v) is 4.64. The van der Waals surface area contributed by atoms with Crippen molar-refractivity contribution in [2.75, 3.05) is 11.9 Å². The van der Waals surface area contributed by atoms with Crippen molar-refractivity contribution in [3.63, 3.8) is 0 Å². The second kappa shape index (κ2) is 10.0. The number of carbonyl (C=O) groups excluding carboxylic acids is 1. The average molecular weight is 526 g/mol. The molecule has 1 aliphatic rings. The van der Waals surface area contributed by atoms with Gasteiger partial charge in [-0.3, -0.25) is 14.5 Å². The summed E-state index contributed by atoms with van der Waals surface area (Å²) >= 11 is 0. The largest absolute Gasteiger partial charge is 0.417 e. The zero-order valence-corrected chi connectivity index (χ0v) is 21.1. The van der Waals surface area contributed by atoms with Gasteiger partial charge in [-0.2, -0.15) is 18.3 Å². The van der Waals surface area contributed by atoms with E-state index >= 15 is 0 Å². The van der Waals surface area contributed by atoms with E-state index in [1.807, 2.05) is 0 Å². The van der Waals surface area contributed by atoms with Gasteiger partial charge in [-0.05, 0) is 50.4 Å². The fraction of sp³-hybridized carbons (Fsp3) is 0.417. The van der Waals surface area contributed by atoms with E-state index in [2.05, 4.69) is 20.4 Å². The van der Waals surface area contributed by atoms with Gasteiger partial charge in [0.1, 0.15) is 11.6 Å². The minimum Gasteiger partial charge on any atom is -0.380 e. The number of hydrogen-bond acceptors (Lipinski definition) is 6. The Hall–Kier alpha value is -3.41. The molecule has 14 heteroatoms. The van der Waals surface area contributed by atoms with Crippen molar-refractivity contribution < 1.29 is 27.1 Å². The number of halogens is 4. The Balaban J connectivity index is 1.70. The third-order valence-corrected chi connectivity index (χ3v) is 6.39. The summed E-state index contributed by atoms with van der Waals surface area (Å²) in [5, 5.41) is 5.26. The second-order valence-electron chi connectivity index (χ2n) is 9.34. The highest BCUT2D eigenvalue weighted by atomic mass is 19.4. The van der Waals surface area contributed by atoms with Gasteiger partial charge < -0.3 is 15.0 Å². The number of aryl methyl sites for hydroxylation is 1. The van der Waals surface area contributed by atoms with Gasteiger partial charge in [-0.25, -0.2) is 9.37 Å². The number of ether oxygens (including phenoxy) is 1. The van der Waals surface area contributed by atoms with Crippen molar-refractivity contribution in [3.8, 4) is 11.3 Å². The number of amides is 1. The number of aromatic nitrogens is 4. The molecule has 1 N–H and O–H groups in total. The van der Waals surface area contributed by atoms with Crippen LogP contribution in [0.25, 0.3) is 11.3 Å². The van der Waals surface area contributed by atoms with Gasteiger partial charge in [0.2, 0.25) is 0 Å². The number of nitrogens with zero attached hydrogens (tertiary/aromatic N) is 5. The van der Waals surface area contributed by atoms with Crippen LogP contribution in [0, 0.1) is 12.7 Å². The number of rotatable bonds is 5. The number of hydrogen-bond donors (Lipinski definition) is 1. The number of alkyl halides is 3. The maximum atomic E-state index is 14.0. The molecule has 4 heterocycles. The number of anilines is 1. The van der Waals surface area contributed by atoms with Gasteiger partial charge in [0.15, 0.2) is 5.69 Å². The molecule has 8 nitrogen and oxygen atoms in total. The van der Waals surface area contributed by atoms with Crippen LogP contribution in [0.1, 0.15) is 35.6 Å².